The van der Waals surface area contributed by atoms with Crippen LogP contribution in [0.4, 0.5) is 4.39 Å². The first-order valence-corrected chi connectivity index (χ1v) is 6.02. The van der Waals surface area contributed by atoms with Crippen LogP contribution in [0.15, 0.2) is 28.8 Å². The molecule has 2 N–H and O–H groups in total. The van der Waals surface area contributed by atoms with Crippen molar-refractivity contribution in [3.05, 3.63) is 41.8 Å². The Morgan fingerprint density at radius 3 is 2.63 bits per heavy atom. The first kappa shape index (κ1) is 13.5. The maximum absolute atomic E-state index is 12.7. The topological polar surface area (TPSA) is 74.2 Å². The third-order valence-electron chi connectivity index (χ3n) is 2.84. The van der Waals surface area contributed by atoms with Gasteiger partial charge in [-0.1, -0.05) is 12.1 Å². The predicted molar refractivity (Wildman–Crippen MR) is 67.1 cm³/mol. The summed E-state index contributed by atoms with van der Waals surface area (Å²) in [5.41, 5.74) is 5.76. The minimum atomic E-state index is -0.306. The van der Waals surface area contributed by atoms with Crippen molar-refractivity contribution in [1.82, 2.24) is 10.1 Å². The number of hydrogen-bond donors (Lipinski definition) is 1. The quantitative estimate of drug-likeness (QED) is 0.897. The van der Waals surface area contributed by atoms with E-state index in [1.54, 1.807) is 12.1 Å². The highest BCUT2D eigenvalue weighted by atomic mass is 19.1. The van der Waals surface area contributed by atoms with Crippen LogP contribution in [0.5, 0.6) is 5.75 Å². The van der Waals surface area contributed by atoms with Gasteiger partial charge in [0.25, 0.3) is 0 Å². The second-order valence-corrected chi connectivity index (χ2v) is 4.44. The Labute approximate surface area is 110 Å². The molecule has 1 aromatic heterocycles. The van der Waals surface area contributed by atoms with E-state index in [0.717, 1.165) is 0 Å². The predicted octanol–water partition coefficient (Wildman–Crippen LogP) is 2.24. The van der Waals surface area contributed by atoms with Crippen molar-refractivity contribution >= 4 is 0 Å². The van der Waals surface area contributed by atoms with E-state index in [-0.39, 0.29) is 24.4 Å². The summed E-state index contributed by atoms with van der Waals surface area (Å²) in [6, 6.07) is 5.68. The van der Waals surface area contributed by atoms with Gasteiger partial charge in [0.15, 0.2) is 6.61 Å². The number of ether oxygens (including phenoxy) is 1. The number of nitrogens with zero attached hydrogens (tertiary/aromatic N) is 2. The highest BCUT2D eigenvalue weighted by Crippen LogP contribution is 2.17. The molecule has 0 fully saturated rings. The summed E-state index contributed by atoms with van der Waals surface area (Å²) in [5.74, 6) is 1.17. The Bertz CT molecular complexity index is 525. The minimum absolute atomic E-state index is 0.00734. The fraction of sp³-hybridized carbons (Fsp3) is 0.385. The zero-order valence-electron chi connectivity index (χ0n) is 10.8. The third-order valence-corrected chi connectivity index (χ3v) is 2.84. The summed E-state index contributed by atoms with van der Waals surface area (Å²) in [6.07, 6.45) is 0. The molecule has 6 heteroatoms. The van der Waals surface area contributed by atoms with Crippen LogP contribution < -0.4 is 10.5 Å². The standard InChI is InChI=1S/C13H16FN3O2/c1-8(9(2)15)13-16-12(17-19-13)7-18-11-5-3-10(14)4-6-11/h3-6,8-9H,7,15H2,1-2H3. The molecule has 0 aliphatic rings. The lowest BCUT2D eigenvalue weighted by Gasteiger charge is -2.09. The lowest BCUT2D eigenvalue weighted by Crippen LogP contribution is -2.22. The van der Waals surface area contributed by atoms with Gasteiger partial charge in [-0.3, -0.25) is 0 Å². The van der Waals surface area contributed by atoms with Crippen LogP contribution in [-0.4, -0.2) is 16.2 Å². The van der Waals surface area contributed by atoms with Crippen molar-refractivity contribution in [3.63, 3.8) is 0 Å². The van der Waals surface area contributed by atoms with Crippen molar-refractivity contribution in [2.75, 3.05) is 0 Å². The molecular weight excluding hydrogens is 249 g/mol. The normalized spacial score (nSPS) is 14.1. The Hall–Kier alpha value is -1.95. The molecular formula is C13H16FN3O2. The number of hydrogen-bond acceptors (Lipinski definition) is 5. The fourth-order valence-electron chi connectivity index (χ4n) is 1.41. The molecule has 2 rings (SSSR count). The summed E-state index contributed by atoms with van der Waals surface area (Å²) in [6.45, 7) is 3.97. The fourth-order valence-corrected chi connectivity index (χ4v) is 1.41. The summed E-state index contributed by atoms with van der Waals surface area (Å²) >= 11 is 0. The van der Waals surface area contributed by atoms with E-state index in [2.05, 4.69) is 10.1 Å². The Kier molecular flexibility index (Phi) is 4.11. The van der Waals surface area contributed by atoms with Crippen molar-refractivity contribution < 1.29 is 13.7 Å². The lowest BCUT2D eigenvalue weighted by molar-refractivity contribution is 0.283. The molecule has 0 saturated carbocycles. The average molecular weight is 265 g/mol. The van der Waals surface area contributed by atoms with Crippen LogP contribution in [0.2, 0.25) is 0 Å². The van der Waals surface area contributed by atoms with Crippen LogP contribution in [0.1, 0.15) is 31.5 Å². The maximum atomic E-state index is 12.7. The molecule has 0 aliphatic heterocycles. The maximum Gasteiger partial charge on any atom is 0.231 e. The Morgan fingerprint density at radius 1 is 1.32 bits per heavy atom. The monoisotopic (exact) mass is 265 g/mol. The number of benzene rings is 1. The SMILES string of the molecule is CC(N)C(C)c1nc(COc2ccc(F)cc2)no1. The van der Waals surface area contributed by atoms with Crippen LogP contribution in [0, 0.1) is 5.82 Å². The van der Waals surface area contributed by atoms with Gasteiger partial charge < -0.3 is 15.0 Å². The van der Waals surface area contributed by atoms with Gasteiger partial charge in [0.2, 0.25) is 11.7 Å². The van der Waals surface area contributed by atoms with Crippen LogP contribution in [0.3, 0.4) is 0 Å². The molecule has 2 unspecified atom stereocenters. The van der Waals surface area contributed by atoms with Gasteiger partial charge in [0.05, 0.1) is 5.92 Å². The number of aromatic nitrogens is 2. The average Bonchev–Trinajstić information content (AvgIpc) is 2.86. The zero-order chi connectivity index (χ0) is 13.8. The minimum Gasteiger partial charge on any atom is -0.485 e. The van der Waals surface area contributed by atoms with Crippen molar-refractivity contribution in [2.45, 2.75) is 32.4 Å². The van der Waals surface area contributed by atoms with Gasteiger partial charge in [-0.2, -0.15) is 4.98 Å². The van der Waals surface area contributed by atoms with E-state index in [4.69, 9.17) is 15.0 Å². The van der Waals surface area contributed by atoms with E-state index in [1.807, 2.05) is 13.8 Å². The van der Waals surface area contributed by atoms with E-state index in [9.17, 15) is 4.39 Å². The summed E-state index contributed by atoms with van der Waals surface area (Å²) in [5, 5.41) is 3.81. The van der Waals surface area contributed by atoms with E-state index in [1.165, 1.54) is 12.1 Å². The van der Waals surface area contributed by atoms with Crippen molar-refractivity contribution in [1.29, 1.82) is 0 Å². The van der Waals surface area contributed by atoms with E-state index in [0.29, 0.717) is 17.5 Å². The number of halogens is 1. The van der Waals surface area contributed by atoms with Gasteiger partial charge in [-0.05, 0) is 31.2 Å². The van der Waals surface area contributed by atoms with Gasteiger partial charge in [0, 0.05) is 6.04 Å². The highest BCUT2D eigenvalue weighted by molar-refractivity contribution is 5.22. The van der Waals surface area contributed by atoms with Gasteiger partial charge >= 0.3 is 0 Å². The van der Waals surface area contributed by atoms with Gasteiger partial charge in [-0.15, -0.1) is 0 Å². The molecule has 0 radical (unpaired) electrons. The highest BCUT2D eigenvalue weighted by Gasteiger charge is 2.17. The molecule has 0 saturated heterocycles. The molecule has 1 aromatic carbocycles. The lowest BCUT2D eigenvalue weighted by atomic mass is 10.1. The molecule has 1 heterocycles. The second-order valence-electron chi connectivity index (χ2n) is 4.44. The van der Waals surface area contributed by atoms with Crippen LogP contribution in [-0.2, 0) is 6.61 Å². The summed E-state index contributed by atoms with van der Waals surface area (Å²) < 4.78 is 23.2. The molecule has 5 nitrogen and oxygen atoms in total. The molecule has 19 heavy (non-hydrogen) atoms. The molecule has 0 amide bonds. The number of rotatable bonds is 5. The van der Waals surface area contributed by atoms with E-state index < -0.39 is 0 Å². The largest absolute Gasteiger partial charge is 0.485 e. The van der Waals surface area contributed by atoms with E-state index >= 15 is 0 Å². The van der Waals surface area contributed by atoms with Gasteiger partial charge in [0.1, 0.15) is 11.6 Å². The summed E-state index contributed by atoms with van der Waals surface area (Å²) in [7, 11) is 0. The smallest absolute Gasteiger partial charge is 0.231 e. The second kappa shape index (κ2) is 5.79. The van der Waals surface area contributed by atoms with Gasteiger partial charge in [-0.25, -0.2) is 4.39 Å². The molecule has 0 aliphatic carbocycles. The van der Waals surface area contributed by atoms with Crippen molar-refractivity contribution in [2.24, 2.45) is 5.73 Å². The molecule has 0 spiro atoms. The molecule has 102 valence electrons. The first-order chi connectivity index (χ1) is 9.06. The van der Waals surface area contributed by atoms with Crippen molar-refractivity contribution in [3.8, 4) is 5.75 Å². The Morgan fingerprint density at radius 2 is 2.00 bits per heavy atom. The first-order valence-electron chi connectivity index (χ1n) is 6.02. The molecule has 2 aromatic rings. The van der Waals surface area contributed by atoms with Crippen LogP contribution in [0.25, 0.3) is 0 Å². The molecule has 2 atom stereocenters. The zero-order valence-corrected chi connectivity index (χ0v) is 10.8. The number of nitrogens with two attached hydrogens (primary N) is 1. The Balaban J connectivity index is 1.95. The third kappa shape index (κ3) is 3.51. The molecule has 0 bridgehead atoms. The van der Waals surface area contributed by atoms with Crippen LogP contribution >= 0.6 is 0 Å². The summed E-state index contributed by atoms with van der Waals surface area (Å²) in [4.78, 5) is 4.21.